The first-order valence-corrected chi connectivity index (χ1v) is 11.4. The number of carbonyl (C=O) groups is 1. The third kappa shape index (κ3) is 5.45. The number of rotatable bonds is 6. The number of nitrogens with zero attached hydrogens (tertiary/aromatic N) is 1. The molecule has 0 bridgehead atoms. The molecule has 4 aromatic rings. The third-order valence-electron chi connectivity index (χ3n) is 5.60. The van der Waals surface area contributed by atoms with Gasteiger partial charge in [0.05, 0.1) is 29.6 Å². The summed E-state index contributed by atoms with van der Waals surface area (Å²) in [6, 6.07) is 20.6. The molecule has 178 valence electrons. The van der Waals surface area contributed by atoms with E-state index in [4.69, 9.17) is 22.3 Å². The van der Waals surface area contributed by atoms with Crippen LogP contribution in [0.1, 0.15) is 36.1 Å². The Morgan fingerprint density at radius 2 is 1.86 bits per heavy atom. The lowest BCUT2D eigenvalue weighted by atomic mass is 9.95. The van der Waals surface area contributed by atoms with E-state index < -0.39 is 11.5 Å². The first-order valence-electron chi connectivity index (χ1n) is 11.0. The van der Waals surface area contributed by atoms with Gasteiger partial charge in [-0.25, -0.2) is 9.79 Å². The number of aromatic hydroxyl groups is 1. The fourth-order valence-corrected chi connectivity index (χ4v) is 3.95. The van der Waals surface area contributed by atoms with Gasteiger partial charge in [0.25, 0.3) is 0 Å². The minimum absolute atomic E-state index is 0.0174. The van der Waals surface area contributed by atoms with Gasteiger partial charge < -0.3 is 20.6 Å². The van der Waals surface area contributed by atoms with Gasteiger partial charge in [0.1, 0.15) is 0 Å². The summed E-state index contributed by atoms with van der Waals surface area (Å²) in [5, 5.41) is 12.2. The summed E-state index contributed by atoms with van der Waals surface area (Å²) in [6.45, 7) is 3.89. The highest BCUT2D eigenvalue weighted by Crippen LogP contribution is 2.33. The Kier molecular flexibility index (Phi) is 6.78. The van der Waals surface area contributed by atoms with Gasteiger partial charge in [0.2, 0.25) is 0 Å². The number of aliphatic imine (C=N–C) groups is 1. The van der Waals surface area contributed by atoms with Crippen LogP contribution in [0.5, 0.6) is 5.88 Å². The fourth-order valence-electron chi connectivity index (χ4n) is 3.78. The van der Waals surface area contributed by atoms with Crippen molar-refractivity contribution >= 4 is 45.9 Å². The molecule has 0 aliphatic rings. The zero-order chi connectivity index (χ0) is 25.2. The van der Waals surface area contributed by atoms with Crippen molar-refractivity contribution in [2.75, 3.05) is 7.11 Å². The van der Waals surface area contributed by atoms with Crippen LogP contribution in [0.15, 0.2) is 77.8 Å². The van der Waals surface area contributed by atoms with E-state index in [9.17, 15) is 9.90 Å². The lowest BCUT2D eigenvalue weighted by molar-refractivity contribution is -0.134. The Morgan fingerprint density at radius 1 is 1.11 bits per heavy atom. The zero-order valence-corrected chi connectivity index (χ0v) is 20.4. The molecule has 4 N–H and O–H groups in total. The number of H-pyrrole nitrogens is 1. The molecule has 6 nitrogen and oxygen atoms in total. The van der Waals surface area contributed by atoms with Crippen molar-refractivity contribution in [2.24, 2.45) is 10.7 Å². The van der Waals surface area contributed by atoms with Crippen molar-refractivity contribution in [3.05, 3.63) is 100 Å². The van der Waals surface area contributed by atoms with Gasteiger partial charge in [0.15, 0.2) is 5.88 Å². The number of hydrogen-bond acceptors (Lipinski definition) is 5. The molecule has 35 heavy (non-hydrogen) atoms. The third-order valence-corrected chi connectivity index (χ3v) is 5.84. The predicted octanol–water partition coefficient (Wildman–Crippen LogP) is 6.08. The van der Waals surface area contributed by atoms with E-state index in [1.54, 1.807) is 18.2 Å². The summed E-state index contributed by atoms with van der Waals surface area (Å²) in [7, 11) is 1.33. The van der Waals surface area contributed by atoms with Gasteiger partial charge in [-0.15, -0.1) is 0 Å². The Morgan fingerprint density at radius 3 is 2.54 bits per heavy atom. The molecule has 0 unspecified atom stereocenters. The Bertz CT molecular complexity index is 1440. The van der Waals surface area contributed by atoms with Crippen molar-refractivity contribution in [3.63, 3.8) is 0 Å². The first kappa shape index (κ1) is 24.3. The summed E-state index contributed by atoms with van der Waals surface area (Å²) in [5.74, 6) is -0.463. The highest BCUT2D eigenvalue weighted by atomic mass is 35.5. The van der Waals surface area contributed by atoms with E-state index in [0.29, 0.717) is 27.5 Å². The van der Waals surface area contributed by atoms with E-state index in [-0.39, 0.29) is 5.88 Å². The largest absolute Gasteiger partial charge is 0.494 e. The lowest BCUT2D eigenvalue weighted by Crippen LogP contribution is -2.28. The minimum atomic E-state index is -0.472. The average Bonchev–Trinajstić information content (AvgIpc) is 3.15. The highest BCUT2D eigenvalue weighted by Gasteiger charge is 2.20. The van der Waals surface area contributed by atoms with Gasteiger partial charge in [-0.3, -0.25) is 0 Å². The number of methoxy groups -OCH3 is 1. The van der Waals surface area contributed by atoms with Gasteiger partial charge in [-0.2, -0.15) is 0 Å². The van der Waals surface area contributed by atoms with Crippen LogP contribution in [-0.2, 0) is 15.1 Å². The van der Waals surface area contributed by atoms with Crippen LogP contribution in [0, 0.1) is 0 Å². The van der Waals surface area contributed by atoms with Gasteiger partial charge in [-0.05, 0) is 61.4 Å². The summed E-state index contributed by atoms with van der Waals surface area (Å²) >= 11 is 6.16. The van der Waals surface area contributed by atoms with E-state index in [0.717, 1.165) is 22.1 Å². The lowest BCUT2D eigenvalue weighted by Gasteiger charge is -2.19. The highest BCUT2D eigenvalue weighted by molar-refractivity contribution is 6.31. The number of nitrogens with one attached hydrogen (secondary N) is 1. The molecule has 0 spiro atoms. The number of esters is 1. The predicted molar refractivity (Wildman–Crippen MR) is 141 cm³/mol. The van der Waals surface area contributed by atoms with E-state index in [1.165, 1.54) is 13.2 Å². The molecule has 4 rings (SSSR count). The number of ether oxygens (including phenoxy) is 1. The zero-order valence-electron chi connectivity index (χ0n) is 19.7. The van der Waals surface area contributed by atoms with Crippen LogP contribution < -0.4 is 5.73 Å². The molecule has 1 aromatic heterocycles. The molecule has 0 atom stereocenters. The molecular formula is C28H26ClN3O3. The number of carbonyl (C=O) groups excluding carboxylic acids is 1. The first-order chi connectivity index (χ1) is 16.7. The molecule has 0 aliphatic heterocycles. The van der Waals surface area contributed by atoms with E-state index in [2.05, 4.69) is 9.72 Å². The molecule has 0 aliphatic carbocycles. The summed E-state index contributed by atoms with van der Waals surface area (Å²) in [4.78, 5) is 19.5. The number of nitrogens with two attached hydrogens (primary N) is 1. The maximum atomic E-state index is 11.6. The average molecular weight is 488 g/mol. The maximum absolute atomic E-state index is 11.6. The number of aromatic nitrogens is 1. The monoisotopic (exact) mass is 487 g/mol. The molecule has 0 saturated heterocycles. The molecule has 1 heterocycles. The van der Waals surface area contributed by atoms with Gasteiger partial charge >= 0.3 is 5.97 Å². The van der Waals surface area contributed by atoms with Crippen LogP contribution in [0.3, 0.4) is 0 Å². The number of aromatic amines is 1. The Hall–Kier alpha value is -3.87. The SMILES string of the molecule is COC(=O)/C=C/c1cccc(C(=Nc2ccc(C(C)(C)N)cc2)c2c(O)[nH]c3cc(Cl)ccc23)c1. The maximum Gasteiger partial charge on any atom is 0.330 e. The summed E-state index contributed by atoms with van der Waals surface area (Å²) < 4.78 is 4.69. The van der Waals surface area contributed by atoms with Crippen molar-refractivity contribution in [3.8, 4) is 5.88 Å². The van der Waals surface area contributed by atoms with Crippen LogP contribution in [0.2, 0.25) is 5.02 Å². The second-order valence-electron chi connectivity index (χ2n) is 8.75. The molecule has 0 radical (unpaired) electrons. The van der Waals surface area contributed by atoms with Gasteiger partial charge in [0, 0.05) is 27.6 Å². The molecule has 0 fully saturated rings. The van der Waals surface area contributed by atoms with Crippen LogP contribution in [0.25, 0.3) is 17.0 Å². The molecule has 0 saturated carbocycles. The Balaban J connectivity index is 1.89. The quantitative estimate of drug-likeness (QED) is 0.174. The standard InChI is InChI=1S/C28H26ClN3O3/c1-28(2,30)19-8-11-21(12-9-19)31-26(18-6-4-5-17(15-18)7-14-24(33)35-3)25-22-13-10-20(29)16-23(22)32-27(25)34/h4-16,32,34H,30H2,1-3H3/b14-7+,31-26?. The summed E-state index contributed by atoms with van der Waals surface area (Å²) in [5.41, 5.74) is 10.8. The minimum Gasteiger partial charge on any atom is -0.494 e. The topological polar surface area (TPSA) is 101 Å². The molecule has 0 amide bonds. The summed E-state index contributed by atoms with van der Waals surface area (Å²) in [6.07, 6.45) is 3.02. The van der Waals surface area contributed by atoms with Crippen molar-refractivity contribution in [2.45, 2.75) is 19.4 Å². The van der Waals surface area contributed by atoms with Crippen molar-refractivity contribution in [1.29, 1.82) is 0 Å². The molecule has 3 aromatic carbocycles. The van der Waals surface area contributed by atoms with Gasteiger partial charge in [-0.1, -0.05) is 48.0 Å². The molecular weight excluding hydrogens is 462 g/mol. The van der Waals surface area contributed by atoms with E-state index >= 15 is 0 Å². The fraction of sp³-hybridized carbons (Fsp3) is 0.143. The van der Waals surface area contributed by atoms with Crippen LogP contribution in [-0.4, -0.2) is 28.9 Å². The van der Waals surface area contributed by atoms with Crippen molar-refractivity contribution in [1.82, 2.24) is 4.98 Å². The van der Waals surface area contributed by atoms with Crippen molar-refractivity contribution < 1.29 is 14.6 Å². The second-order valence-corrected chi connectivity index (χ2v) is 9.19. The number of fused-ring (bicyclic) bond motifs is 1. The normalized spacial score (nSPS) is 12.4. The molecule has 7 heteroatoms. The Labute approximate surface area is 208 Å². The van der Waals surface area contributed by atoms with Crippen LogP contribution >= 0.6 is 11.6 Å². The second kappa shape index (κ2) is 9.78. The number of benzene rings is 3. The number of halogens is 1. The number of hydrogen-bond donors (Lipinski definition) is 3. The van der Waals surface area contributed by atoms with E-state index in [1.807, 2.05) is 68.4 Å². The smallest absolute Gasteiger partial charge is 0.330 e. The van der Waals surface area contributed by atoms with Crippen LogP contribution in [0.4, 0.5) is 5.69 Å².